The van der Waals surface area contributed by atoms with Gasteiger partial charge in [0.25, 0.3) is 5.91 Å². The van der Waals surface area contributed by atoms with E-state index in [-0.39, 0.29) is 11.3 Å². The van der Waals surface area contributed by atoms with E-state index in [0.29, 0.717) is 5.56 Å². The van der Waals surface area contributed by atoms with E-state index in [4.69, 9.17) is 0 Å². The Labute approximate surface area is 125 Å². The molecular formula is C18H20N2O. The Hall–Kier alpha value is -2.42. The summed E-state index contributed by atoms with van der Waals surface area (Å²) in [4.78, 5) is 11.8. The molecule has 0 fully saturated rings. The molecule has 1 N–H and O–H groups in total. The van der Waals surface area contributed by atoms with Crippen LogP contribution in [-0.2, 0) is 5.41 Å². The van der Waals surface area contributed by atoms with E-state index in [0.717, 1.165) is 5.56 Å². The molecule has 0 saturated heterocycles. The molecule has 0 unspecified atom stereocenters. The van der Waals surface area contributed by atoms with Crippen molar-refractivity contribution >= 4 is 12.1 Å². The molecule has 0 aromatic heterocycles. The Kier molecular flexibility index (Phi) is 4.53. The minimum atomic E-state index is -0.210. The molecule has 3 nitrogen and oxygen atoms in total. The lowest BCUT2D eigenvalue weighted by molar-refractivity contribution is 0.0955. The van der Waals surface area contributed by atoms with Crippen LogP contribution in [0, 0.1) is 0 Å². The number of rotatable bonds is 3. The molecule has 2 rings (SSSR count). The van der Waals surface area contributed by atoms with E-state index < -0.39 is 0 Å². The Morgan fingerprint density at radius 2 is 1.62 bits per heavy atom. The molecule has 2 aromatic rings. The molecule has 1 amide bonds. The first-order valence-electron chi connectivity index (χ1n) is 6.96. The highest BCUT2D eigenvalue weighted by molar-refractivity contribution is 5.94. The summed E-state index contributed by atoms with van der Waals surface area (Å²) in [5.41, 5.74) is 5.48. The zero-order valence-corrected chi connectivity index (χ0v) is 12.6. The Balaban J connectivity index is 1.97. The summed E-state index contributed by atoms with van der Waals surface area (Å²) >= 11 is 0. The minimum absolute atomic E-state index is 0.136. The van der Waals surface area contributed by atoms with Gasteiger partial charge in [0.1, 0.15) is 0 Å². The first kappa shape index (κ1) is 15.0. The summed E-state index contributed by atoms with van der Waals surface area (Å²) < 4.78 is 0. The van der Waals surface area contributed by atoms with Crippen LogP contribution in [0.15, 0.2) is 59.7 Å². The Morgan fingerprint density at radius 3 is 2.19 bits per heavy atom. The first-order valence-corrected chi connectivity index (χ1v) is 6.96. The highest BCUT2D eigenvalue weighted by atomic mass is 16.2. The third-order valence-electron chi connectivity index (χ3n) is 3.19. The molecule has 0 aliphatic carbocycles. The van der Waals surface area contributed by atoms with Gasteiger partial charge in [-0.1, -0.05) is 63.2 Å². The van der Waals surface area contributed by atoms with Crippen molar-refractivity contribution in [2.75, 3.05) is 0 Å². The van der Waals surface area contributed by atoms with Gasteiger partial charge in [0, 0.05) is 5.56 Å². The summed E-state index contributed by atoms with van der Waals surface area (Å²) in [6.07, 6.45) is 1.65. The summed E-state index contributed by atoms with van der Waals surface area (Å²) in [7, 11) is 0. The van der Waals surface area contributed by atoms with Crippen LogP contribution in [0.25, 0.3) is 0 Å². The predicted octanol–water partition coefficient (Wildman–Crippen LogP) is 3.75. The van der Waals surface area contributed by atoms with Crippen LogP contribution in [-0.4, -0.2) is 12.1 Å². The van der Waals surface area contributed by atoms with Crippen molar-refractivity contribution in [3.05, 3.63) is 71.3 Å². The van der Waals surface area contributed by atoms with Gasteiger partial charge in [0.05, 0.1) is 6.21 Å². The maximum Gasteiger partial charge on any atom is 0.271 e. The summed E-state index contributed by atoms with van der Waals surface area (Å²) in [6, 6.07) is 17.2. The third kappa shape index (κ3) is 4.28. The van der Waals surface area contributed by atoms with E-state index in [1.54, 1.807) is 18.3 Å². The molecule has 2 aromatic carbocycles. The second-order valence-electron chi connectivity index (χ2n) is 5.94. The van der Waals surface area contributed by atoms with Gasteiger partial charge in [0.2, 0.25) is 0 Å². The van der Waals surface area contributed by atoms with Crippen LogP contribution in [0.4, 0.5) is 0 Å². The van der Waals surface area contributed by atoms with Gasteiger partial charge in [-0.3, -0.25) is 4.79 Å². The van der Waals surface area contributed by atoms with Crippen molar-refractivity contribution in [1.29, 1.82) is 0 Å². The molecule has 0 aliphatic heterocycles. The molecule has 0 spiro atoms. The number of amides is 1. The van der Waals surface area contributed by atoms with Gasteiger partial charge in [-0.15, -0.1) is 0 Å². The number of carbonyl (C=O) groups is 1. The quantitative estimate of drug-likeness (QED) is 0.675. The lowest BCUT2D eigenvalue weighted by Gasteiger charge is -2.18. The zero-order chi connectivity index (χ0) is 15.3. The fourth-order valence-electron chi connectivity index (χ4n) is 1.89. The number of hydrogen-bond acceptors (Lipinski definition) is 2. The van der Waals surface area contributed by atoms with E-state index >= 15 is 0 Å². The molecule has 0 saturated carbocycles. The number of carbonyl (C=O) groups excluding carboxylic acids is 1. The second kappa shape index (κ2) is 6.35. The third-order valence-corrected chi connectivity index (χ3v) is 3.19. The monoisotopic (exact) mass is 280 g/mol. The van der Waals surface area contributed by atoms with Crippen molar-refractivity contribution in [2.24, 2.45) is 5.10 Å². The number of nitrogens with zero attached hydrogens (tertiary/aromatic N) is 1. The zero-order valence-electron chi connectivity index (χ0n) is 12.6. The van der Waals surface area contributed by atoms with E-state index in [1.165, 1.54) is 5.56 Å². The normalized spacial score (nSPS) is 11.6. The van der Waals surface area contributed by atoms with Crippen molar-refractivity contribution in [3.63, 3.8) is 0 Å². The van der Waals surface area contributed by atoms with Crippen molar-refractivity contribution < 1.29 is 4.79 Å². The van der Waals surface area contributed by atoms with Crippen LogP contribution >= 0.6 is 0 Å². The molecule has 0 bridgehead atoms. The molecule has 0 atom stereocenters. The average Bonchev–Trinajstić information content (AvgIpc) is 2.47. The summed E-state index contributed by atoms with van der Waals surface area (Å²) in [5, 5.41) is 3.99. The minimum Gasteiger partial charge on any atom is -0.267 e. The highest BCUT2D eigenvalue weighted by Gasteiger charge is 2.12. The topological polar surface area (TPSA) is 41.5 Å². The lowest BCUT2D eigenvalue weighted by atomic mass is 9.87. The van der Waals surface area contributed by atoms with Gasteiger partial charge >= 0.3 is 0 Å². The first-order chi connectivity index (χ1) is 9.97. The van der Waals surface area contributed by atoms with Crippen LogP contribution in [0.1, 0.15) is 42.3 Å². The molecule has 3 heteroatoms. The van der Waals surface area contributed by atoms with E-state index in [9.17, 15) is 4.79 Å². The SMILES string of the molecule is CC(C)(C)c1ccc(C=NNC(=O)c2ccccc2)cc1. The van der Waals surface area contributed by atoms with E-state index in [1.807, 2.05) is 30.3 Å². The maximum absolute atomic E-state index is 11.8. The predicted molar refractivity (Wildman–Crippen MR) is 86.6 cm³/mol. The van der Waals surface area contributed by atoms with Crippen LogP contribution in [0.2, 0.25) is 0 Å². The standard InChI is InChI=1S/C18H20N2O/c1-18(2,3)16-11-9-14(10-12-16)13-19-20-17(21)15-7-5-4-6-8-15/h4-13H,1-3H3,(H,20,21). The Morgan fingerprint density at radius 1 is 1.00 bits per heavy atom. The molecule has 0 radical (unpaired) electrons. The van der Waals surface area contributed by atoms with Crippen LogP contribution in [0.5, 0.6) is 0 Å². The van der Waals surface area contributed by atoms with Crippen LogP contribution < -0.4 is 5.43 Å². The maximum atomic E-state index is 11.8. The fourth-order valence-corrected chi connectivity index (χ4v) is 1.89. The summed E-state index contributed by atoms with van der Waals surface area (Å²) in [6.45, 7) is 6.53. The average molecular weight is 280 g/mol. The van der Waals surface area contributed by atoms with Crippen molar-refractivity contribution in [2.45, 2.75) is 26.2 Å². The Bertz CT molecular complexity index is 623. The van der Waals surface area contributed by atoms with Crippen molar-refractivity contribution in [3.8, 4) is 0 Å². The smallest absolute Gasteiger partial charge is 0.267 e. The largest absolute Gasteiger partial charge is 0.271 e. The fraction of sp³-hybridized carbons (Fsp3) is 0.222. The molecular weight excluding hydrogens is 260 g/mol. The number of hydrazone groups is 1. The molecule has 0 heterocycles. The van der Waals surface area contributed by atoms with Gasteiger partial charge in [-0.25, -0.2) is 5.43 Å². The van der Waals surface area contributed by atoms with E-state index in [2.05, 4.69) is 43.4 Å². The second-order valence-corrected chi connectivity index (χ2v) is 5.94. The van der Waals surface area contributed by atoms with Crippen molar-refractivity contribution in [1.82, 2.24) is 5.43 Å². The number of nitrogens with one attached hydrogen (secondary N) is 1. The number of benzene rings is 2. The molecule has 21 heavy (non-hydrogen) atoms. The molecule has 108 valence electrons. The lowest BCUT2D eigenvalue weighted by Crippen LogP contribution is -2.17. The van der Waals surface area contributed by atoms with Gasteiger partial charge in [0.15, 0.2) is 0 Å². The van der Waals surface area contributed by atoms with Gasteiger partial charge in [-0.05, 0) is 28.7 Å². The van der Waals surface area contributed by atoms with Gasteiger partial charge in [-0.2, -0.15) is 5.10 Å². The van der Waals surface area contributed by atoms with Gasteiger partial charge < -0.3 is 0 Å². The highest BCUT2D eigenvalue weighted by Crippen LogP contribution is 2.21. The summed E-state index contributed by atoms with van der Waals surface area (Å²) in [5.74, 6) is -0.210. The molecule has 0 aliphatic rings. The number of hydrogen-bond donors (Lipinski definition) is 1. The van der Waals surface area contributed by atoms with Crippen LogP contribution in [0.3, 0.4) is 0 Å².